The summed E-state index contributed by atoms with van der Waals surface area (Å²) in [6, 6.07) is 5.99. The number of esters is 1. The number of nitrogens with one attached hydrogen (secondary N) is 1. The van der Waals surface area contributed by atoms with Crippen LogP contribution in [0.3, 0.4) is 0 Å². The van der Waals surface area contributed by atoms with Gasteiger partial charge in [0.1, 0.15) is 17.9 Å². The van der Waals surface area contributed by atoms with Gasteiger partial charge in [0, 0.05) is 18.4 Å². The molecule has 1 aromatic carbocycles. The summed E-state index contributed by atoms with van der Waals surface area (Å²) in [7, 11) is 4.04. The van der Waals surface area contributed by atoms with Crippen molar-refractivity contribution in [2.75, 3.05) is 19.5 Å². The molecule has 0 saturated heterocycles. The van der Waals surface area contributed by atoms with Crippen LogP contribution < -0.4 is 21.3 Å². The molecule has 0 atom stereocenters. The Balaban J connectivity index is 2.06. The van der Waals surface area contributed by atoms with Crippen LogP contribution in [0.4, 0.5) is 5.69 Å². The number of pyridine rings is 1. The Labute approximate surface area is 181 Å². The number of benzene rings is 1. The number of hydrogen-bond acceptors (Lipinski definition) is 7. The van der Waals surface area contributed by atoms with Crippen molar-refractivity contribution in [2.24, 2.45) is 7.05 Å². The van der Waals surface area contributed by atoms with Crippen molar-refractivity contribution in [2.45, 2.75) is 13.5 Å². The molecule has 31 heavy (non-hydrogen) atoms. The van der Waals surface area contributed by atoms with E-state index >= 15 is 0 Å². The topological polar surface area (TPSA) is 122 Å². The van der Waals surface area contributed by atoms with Gasteiger partial charge in [0.25, 0.3) is 5.56 Å². The molecule has 1 N–H and O–H groups in total. The molecule has 162 valence electrons. The van der Waals surface area contributed by atoms with Gasteiger partial charge < -0.3 is 14.8 Å². The first-order valence-corrected chi connectivity index (χ1v) is 9.38. The lowest BCUT2D eigenvalue weighted by Crippen LogP contribution is -2.42. The minimum absolute atomic E-state index is 0.0222. The van der Waals surface area contributed by atoms with Crippen molar-refractivity contribution in [3.8, 4) is 5.75 Å². The third-order valence-corrected chi connectivity index (χ3v) is 4.86. The van der Waals surface area contributed by atoms with E-state index in [0.29, 0.717) is 17.1 Å². The lowest BCUT2D eigenvalue weighted by atomic mass is 10.1. The highest BCUT2D eigenvalue weighted by atomic mass is 35.5. The van der Waals surface area contributed by atoms with Crippen LogP contribution in [-0.2, 0) is 23.1 Å². The maximum atomic E-state index is 13.1. The highest BCUT2D eigenvalue weighted by molar-refractivity contribution is 6.32. The number of methoxy groups -OCH3 is 2. The molecule has 3 rings (SSSR count). The van der Waals surface area contributed by atoms with Gasteiger partial charge in [0.05, 0.1) is 30.2 Å². The summed E-state index contributed by atoms with van der Waals surface area (Å²) in [6.45, 7) is 1.04. The fourth-order valence-electron chi connectivity index (χ4n) is 3.10. The molecule has 0 aliphatic carbocycles. The molecule has 2 aromatic heterocycles. The minimum atomic E-state index is -0.825. The number of aryl methyl sites for hydroxylation is 2. The van der Waals surface area contributed by atoms with Crippen LogP contribution in [0.5, 0.6) is 5.75 Å². The maximum Gasteiger partial charge on any atom is 0.338 e. The second-order valence-electron chi connectivity index (χ2n) is 6.63. The second kappa shape index (κ2) is 8.60. The van der Waals surface area contributed by atoms with Crippen molar-refractivity contribution in [1.29, 1.82) is 0 Å². The quantitative estimate of drug-likeness (QED) is 0.589. The van der Waals surface area contributed by atoms with E-state index in [4.69, 9.17) is 21.1 Å². The molecule has 11 heteroatoms. The smallest absolute Gasteiger partial charge is 0.338 e. The van der Waals surface area contributed by atoms with E-state index in [1.807, 2.05) is 0 Å². The molecule has 0 saturated carbocycles. The molecule has 0 aliphatic rings. The maximum absolute atomic E-state index is 13.1. The summed E-state index contributed by atoms with van der Waals surface area (Å²) in [5.41, 5.74) is -0.817. The number of halogens is 1. The Morgan fingerprint density at radius 3 is 2.52 bits per heavy atom. The van der Waals surface area contributed by atoms with Gasteiger partial charge in [-0.05, 0) is 31.2 Å². The van der Waals surface area contributed by atoms with Crippen LogP contribution in [0.1, 0.15) is 16.1 Å². The highest BCUT2D eigenvalue weighted by Crippen LogP contribution is 2.27. The van der Waals surface area contributed by atoms with Crippen LogP contribution in [0.25, 0.3) is 11.0 Å². The Morgan fingerprint density at radius 2 is 1.90 bits per heavy atom. The number of nitrogens with zero attached hydrogens (tertiary/aromatic N) is 3. The van der Waals surface area contributed by atoms with E-state index in [0.717, 1.165) is 9.13 Å². The van der Waals surface area contributed by atoms with Crippen LogP contribution >= 0.6 is 11.6 Å². The molecule has 0 radical (unpaired) electrons. The van der Waals surface area contributed by atoms with Crippen molar-refractivity contribution in [1.82, 2.24) is 14.1 Å². The summed E-state index contributed by atoms with van der Waals surface area (Å²) >= 11 is 6.05. The number of aromatic nitrogens is 3. The SMILES string of the molecule is COC(=O)c1cc(C)nc2c1c(=O)n(CC(=O)Nc1ccc(OC)c(Cl)c1)c(=O)n2C. The van der Waals surface area contributed by atoms with Crippen LogP contribution in [0.15, 0.2) is 33.9 Å². The number of hydrogen-bond donors (Lipinski definition) is 1. The Bertz CT molecular complexity index is 1330. The number of anilines is 1. The summed E-state index contributed by atoms with van der Waals surface area (Å²) < 4.78 is 11.6. The summed E-state index contributed by atoms with van der Waals surface area (Å²) in [5.74, 6) is -0.966. The molecule has 1 amide bonds. The van der Waals surface area contributed by atoms with Gasteiger partial charge in [-0.15, -0.1) is 0 Å². The highest BCUT2D eigenvalue weighted by Gasteiger charge is 2.21. The number of carbonyl (C=O) groups is 2. The Morgan fingerprint density at radius 1 is 1.19 bits per heavy atom. The monoisotopic (exact) mass is 446 g/mol. The van der Waals surface area contributed by atoms with E-state index < -0.39 is 29.7 Å². The average Bonchev–Trinajstić information content (AvgIpc) is 2.74. The van der Waals surface area contributed by atoms with Crippen molar-refractivity contribution in [3.05, 3.63) is 61.4 Å². The normalized spacial score (nSPS) is 10.7. The first-order chi connectivity index (χ1) is 14.7. The summed E-state index contributed by atoms with van der Waals surface area (Å²) in [6.07, 6.45) is 0. The fourth-order valence-corrected chi connectivity index (χ4v) is 3.36. The molecular weight excluding hydrogens is 428 g/mol. The van der Waals surface area contributed by atoms with E-state index in [-0.39, 0.29) is 21.6 Å². The van der Waals surface area contributed by atoms with Gasteiger partial charge in [-0.3, -0.25) is 18.7 Å². The predicted molar refractivity (Wildman–Crippen MR) is 114 cm³/mol. The number of carbonyl (C=O) groups excluding carboxylic acids is 2. The van der Waals surface area contributed by atoms with E-state index in [1.165, 1.54) is 33.4 Å². The number of fused-ring (bicyclic) bond motifs is 1. The number of ether oxygens (including phenoxy) is 2. The average molecular weight is 447 g/mol. The molecular formula is C20H19ClN4O6. The van der Waals surface area contributed by atoms with Gasteiger partial charge >= 0.3 is 11.7 Å². The van der Waals surface area contributed by atoms with E-state index in [9.17, 15) is 19.2 Å². The first-order valence-electron chi connectivity index (χ1n) is 9.00. The molecule has 3 aromatic rings. The molecule has 0 fully saturated rings. The predicted octanol–water partition coefficient (Wildman–Crippen LogP) is 1.49. The third-order valence-electron chi connectivity index (χ3n) is 4.57. The summed E-state index contributed by atoms with van der Waals surface area (Å²) in [4.78, 5) is 54.7. The van der Waals surface area contributed by atoms with Crippen molar-refractivity contribution >= 4 is 40.2 Å². The molecule has 0 spiro atoms. The molecule has 10 nitrogen and oxygen atoms in total. The van der Waals surface area contributed by atoms with Gasteiger partial charge in [0.2, 0.25) is 5.91 Å². The van der Waals surface area contributed by atoms with Gasteiger partial charge in [-0.25, -0.2) is 14.6 Å². The van der Waals surface area contributed by atoms with Gasteiger partial charge in [-0.1, -0.05) is 11.6 Å². The van der Waals surface area contributed by atoms with Crippen LogP contribution in [0, 0.1) is 6.92 Å². The van der Waals surface area contributed by atoms with Crippen molar-refractivity contribution in [3.63, 3.8) is 0 Å². The first kappa shape index (κ1) is 22.0. The zero-order valence-electron chi connectivity index (χ0n) is 17.2. The van der Waals surface area contributed by atoms with Crippen molar-refractivity contribution < 1.29 is 19.1 Å². The molecule has 2 heterocycles. The molecule has 0 aliphatic heterocycles. The van der Waals surface area contributed by atoms with Gasteiger partial charge in [0.15, 0.2) is 0 Å². The Hall–Kier alpha value is -3.66. The standard InChI is InChI=1S/C20H19ClN4O6/c1-10-7-12(19(28)31-4)16-17(22-10)24(2)20(29)25(18(16)27)9-15(26)23-11-5-6-14(30-3)13(21)8-11/h5-8H,9H2,1-4H3,(H,23,26). The van der Waals surface area contributed by atoms with Crippen LogP contribution in [-0.4, -0.2) is 40.2 Å². The number of amides is 1. The zero-order chi connectivity index (χ0) is 22.9. The van der Waals surface area contributed by atoms with Gasteiger partial charge in [-0.2, -0.15) is 0 Å². The summed E-state index contributed by atoms with van der Waals surface area (Å²) in [5, 5.41) is 2.74. The zero-order valence-corrected chi connectivity index (χ0v) is 17.9. The lowest BCUT2D eigenvalue weighted by molar-refractivity contribution is -0.116. The minimum Gasteiger partial charge on any atom is -0.495 e. The number of rotatable bonds is 5. The molecule has 0 bridgehead atoms. The fraction of sp³-hybridized carbons (Fsp3) is 0.250. The lowest BCUT2D eigenvalue weighted by Gasteiger charge is -2.13. The third kappa shape index (κ3) is 4.15. The second-order valence-corrected chi connectivity index (χ2v) is 7.04. The molecule has 0 unspecified atom stereocenters. The Kier molecular flexibility index (Phi) is 6.11. The largest absolute Gasteiger partial charge is 0.495 e. The van der Waals surface area contributed by atoms with Crippen LogP contribution in [0.2, 0.25) is 5.02 Å². The van der Waals surface area contributed by atoms with E-state index in [1.54, 1.807) is 19.1 Å². The van der Waals surface area contributed by atoms with E-state index in [2.05, 4.69) is 10.3 Å².